The standard InChI is InChI=1S/C27H38F3N5O3/c1-33(18-19-9-13-34(14-10-19)25(36)20-5-3-2-4-6-20)26(37)35-15-11-21(12-16-35)31-22-7-8-24(32-38)23(17-22)27(28,29)30/h7-8,17,19-21,31H,2-6,9-16,18H2,1H3. The van der Waals surface area contributed by atoms with Crippen molar-refractivity contribution in [1.82, 2.24) is 14.7 Å². The quantitative estimate of drug-likeness (QED) is 0.462. The van der Waals surface area contributed by atoms with Gasteiger partial charge in [0.15, 0.2) is 0 Å². The summed E-state index contributed by atoms with van der Waals surface area (Å²) in [7, 11) is 1.81. The van der Waals surface area contributed by atoms with Gasteiger partial charge in [0.05, 0.1) is 5.56 Å². The molecule has 2 saturated heterocycles. The Morgan fingerprint density at radius 2 is 1.61 bits per heavy atom. The molecule has 2 heterocycles. The van der Waals surface area contributed by atoms with Crippen molar-refractivity contribution in [2.24, 2.45) is 17.0 Å². The zero-order valence-electron chi connectivity index (χ0n) is 22.0. The van der Waals surface area contributed by atoms with Crippen molar-refractivity contribution < 1.29 is 22.8 Å². The van der Waals surface area contributed by atoms with Gasteiger partial charge in [-0.3, -0.25) is 4.79 Å². The third-order valence-electron chi connectivity index (χ3n) is 8.28. The third-order valence-corrected chi connectivity index (χ3v) is 8.28. The Balaban J connectivity index is 1.20. The van der Waals surface area contributed by atoms with E-state index in [0.717, 1.165) is 63.7 Å². The number of hydrogen-bond acceptors (Lipinski definition) is 5. The minimum atomic E-state index is -4.66. The number of alkyl halides is 3. The lowest BCUT2D eigenvalue weighted by atomic mass is 9.87. The number of nitrogens with one attached hydrogen (secondary N) is 1. The zero-order chi connectivity index (χ0) is 27.3. The fraction of sp³-hybridized carbons (Fsp3) is 0.704. The molecule has 1 aromatic rings. The second-order valence-corrected chi connectivity index (χ2v) is 11.0. The molecule has 1 N–H and O–H groups in total. The van der Waals surface area contributed by atoms with Crippen LogP contribution in [0.15, 0.2) is 23.4 Å². The molecule has 1 aliphatic carbocycles. The predicted molar refractivity (Wildman–Crippen MR) is 139 cm³/mol. The molecule has 210 valence electrons. The molecule has 0 aromatic heterocycles. The number of nitroso groups, excluding NO2 is 1. The van der Waals surface area contributed by atoms with Gasteiger partial charge in [-0.1, -0.05) is 19.3 Å². The van der Waals surface area contributed by atoms with Gasteiger partial charge in [-0.25, -0.2) is 4.79 Å². The van der Waals surface area contributed by atoms with Gasteiger partial charge in [-0.2, -0.15) is 13.2 Å². The number of benzene rings is 1. The molecular weight excluding hydrogens is 499 g/mol. The van der Waals surface area contributed by atoms with Crippen LogP contribution in [-0.2, 0) is 11.0 Å². The molecule has 2 aliphatic heterocycles. The minimum absolute atomic E-state index is 0.0371. The molecule has 0 atom stereocenters. The van der Waals surface area contributed by atoms with E-state index in [1.54, 1.807) is 9.80 Å². The Morgan fingerprint density at radius 1 is 0.974 bits per heavy atom. The van der Waals surface area contributed by atoms with E-state index in [4.69, 9.17) is 0 Å². The SMILES string of the molecule is CN(CC1CCN(C(=O)C2CCCCC2)CC1)C(=O)N1CCC(Nc2ccc(N=O)c(C(F)(F)F)c2)CC1. The molecule has 0 unspecified atom stereocenters. The highest BCUT2D eigenvalue weighted by molar-refractivity contribution is 5.79. The molecule has 0 radical (unpaired) electrons. The average Bonchev–Trinajstić information content (AvgIpc) is 2.93. The molecule has 3 fully saturated rings. The first-order valence-corrected chi connectivity index (χ1v) is 13.8. The lowest BCUT2D eigenvalue weighted by Crippen LogP contribution is -2.49. The normalized spacial score (nSPS) is 20.3. The molecule has 38 heavy (non-hydrogen) atoms. The van der Waals surface area contributed by atoms with Crippen LogP contribution in [0.3, 0.4) is 0 Å². The summed E-state index contributed by atoms with van der Waals surface area (Å²) in [6.07, 6.45) is 3.92. The average molecular weight is 538 g/mol. The summed E-state index contributed by atoms with van der Waals surface area (Å²) in [5.41, 5.74) is -1.41. The summed E-state index contributed by atoms with van der Waals surface area (Å²) in [6, 6.07) is 3.29. The number of amides is 3. The number of hydrogen-bond donors (Lipinski definition) is 1. The highest BCUT2D eigenvalue weighted by Gasteiger charge is 2.35. The first-order chi connectivity index (χ1) is 18.2. The number of carbonyl (C=O) groups is 2. The van der Waals surface area contributed by atoms with Crippen molar-refractivity contribution >= 4 is 23.3 Å². The largest absolute Gasteiger partial charge is 0.418 e. The molecule has 3 aliphatic rings. The van der Waals surface area contributed by atoms with E-state index in [2.05, 4.69) is 10.5 Å². The van der Waals surface area contributed by atoms with E-state index in [0.29, 0.717) is 44.3 Å². The van der Waals surface area contributed by atoms with E-state index in [-0.39, 0.29) is 23.7 Å². The van der Waals surface area contributed by atoms with Crippen molar-refractivity contribution in [2.45, 2.75) is 70.0 Å². The molecule has 11 heteroatoms. The van der Waals surface area contributed by atoms with E-state index >= 15 is 0 Å². The van der Waals surface area contributed by atoms with Gasteiger partial charge in [-0.15, -0.1) is 4.91 Å². The van der Waals surface area contributed by atoms with E-state index < -0.39 is 17.4 Å². The Labute approximate surface area is 221 Å². The number of rotatable bonds is 6. The Morgan fingerprint density at radius 3 is 2.21 bits per heavy atom. The summed E-state index contributed by atoms with van der Waals surface area (Å²) in [5, 5.41) is 5.59. The number of urea groups is 1. The van der Waals surface area contributed by atoms with Gasteiger partial charge in [0.25, 0.3) is 0 Å². The van der Waals surface area contributed by atoms with Crippen molar-refractivity contribution in [3.05, 3.63) is 28.7 Å². The smallest absolute Gasteiger partial charge is 0.382 e. The van der Waals surface area contributed by atoms with E-state index in [1.807, 2.05) is 11.9 Å². The fourth-order valence-corrected chi connectivity index (χ4v) is 6.03. The number of likely N-dealkylation sites (tertiary alicyclic amines) is 2. The second kappa shape index (κ2) is 12.3. The molecule has 1 aromatic carbocycles. The van der Waals surface area contributed by atoms with Crippen LogP contribution in [0.1, 0.15) is 63.4 Å². The maximum atomic E-state index is 13.2. The maximum absolute atomic E-state index is 13.2. The summed E-state index contributed by atoms with van der Waals surface area (Å²) in [5.74, 6) is 0.877. The fourth-order valence-electron chi connectivity index (χ4n) is 6.03. The lowest BCUT2D eigenvalue weighted by molar-refractivity contribution is -0.138. The molecule has 3 amide bonds. The van der Waals surface area contributed by atoms with E-state index in [9.17, 15) is 27.7 Å². The number of nitrogens with zero attached hydrogens (tertiary/aromatic N) is 4. The van der Waals surface area contributed by atoms with Gasteiger partial charge < -0.3 is 20.0 Å². The second-order valence-electron chi connectivity index (χ2n) is 11.0. The van der Waals surface area contributed by atoms with Crippen LogP contribution in [0.2, 0.25) is 0 Å². The summed E-state index contributed by atoms with van der Waals surface area (Å²) in [4.78, 5) is 42.2. The highest BCUT2D eigenvalue weighted by atomic mass is 19.4. The van der Waals surface area contributed by atoms with Gasteiger partial charge in [-0.05, 0) is 67.8 Å². The van der Waals surface area contributed by atoms with Gasteiger partial charge in [0, 0.05) is 57.4 Å². The van der Waals surface area contributed by atoms with Crippen molar-refractivity contribution in [3.63, 3.8) is 0 Å². The molecular formula is C27H38F3N5O3. The van der Waals surface area contributed by atoms with E-state index in [1.165, 1.54) is 12.5 Å². The number of halogens is 3. The molecule has 4 rings (SSSR count). The van der Waals surface area contributed by atoms with Crippen molar-refractivity contribution in [1.29, 1.82) is 0 Å². The molecule has 8 nitrogen and oxygen atoms in total. The van der Waals surface area contributed by atoms with Crippen LogP contribution in [0.4, 0.5) is 29.3 Å². The predicted octanol–water partition coefficient (Wildman–Crippen LogP) is 5.85. The summed E-state index contributed by atoms with van der Waals surface area (Å²) >= 11 is 0. The van der Waals surface area contributed by atoms with Crippen LogP contribution < -0.4 is 5.32 Å². The first kappa shape index (κ1) is 28.2. The highest BCUT2D eigenvalue weighted by Crippen LogP contribution is 2.38. The van der Waals surface area contributed by atoms with Gasteiger partial charge in [0.1, 0.15) is 5.69 Å². The van der Waals surface area contributed by atoms with Crippen LogP contribution >= 0.6 is 0 Å². The summed E-state index contributed by atoms with van der Waals surface area (Å²) < 4.78 is 39.7. The van der Waals surface area contributed by atoms with Crippen LogP contribution in [0.5, 0.6) is 0 Å². The monoisotopic (exact) mass is 537 g/mol. The first-order valence-electron chi connectivity index (χ1n) is 13.8. The van der Waals surface area contributed by atoms with Gasteiger partial charge >= 0.3 is 12.2 Å². The topological polar surface area (TPSA) is 85.3 Å². The van der Waals surface area contributed by atoms with Crippen LogP contribution in [0, 0.1) is 16.7 Å². The molecule has 1 saturated carbocycles. The van der Waals surface area contributed by atoms with Crippen LogP contribution in [-0.4, -0.2) is 72.5 Å². The van der Waals surface area contributed by atoms with Crippen LogP contribution in [0.25, 0.3) is 0 Å². The maximum Gasteiger partial charge on any atom is 0.418 e. The Hall–Kier alpha value is -2.85. The van der Waals surface area contributed by atoms with Gasteiger partial charge in [0.2, 0.25) is 5.91 Å². The number of piperidine rings is 2. The lowest BCUT2D eigenvalue weighted by Gasteiger charge is -2.38. The number of anilines is 1. The molecule has 0 bridgehead atoms. The third kappa shape index (κ3) is 6.96. The molecule has 0 spiro atoms. The summed E-state index contributed by atoms with van der Waals surface area (Å²) in [6.45, 7) is 3.20. The minimum Gasteiger partial charge on any atom is -0.382 e. The number of carbonyl (C=O) groups excluding carboxylic acids is 2. The Bertz CT molecular complexity index is 983. The Kier molecular flexibility index (Phi) is 9.15. The zero-order valence-corrected chi connectivity index (χ0v) is 22.0. The van der Waals surface area contributed by atoms with Crippen molar-refractivity contribution in [3.8, 4) is 0 Å². The van der Waals surface area contributed by atoms with Crippen molar-refractivity contribution in [2.75, 3.05) is 45.1 Å².